The van der Waals surface area contributed by atoms with Gasteiger partial charge in [-0.25, -0.2) is 5.32 Å². The van der Waals surface area contributed by atoms with E-state index in [2.05, 4.69) is 27.3 Å². The van der Waals surface area contributed by atoms with Crippen molar-refractivity contribution in [1.29, 1.82) is 0 Å². The number of nitrogens with two attached hydrogens (primary N) is 1. The quantitative estimate of drug-likeness (QED) is 0.690. The van der Waals surface area contributed by atoms with E-state index in [1.165, 1.54) is 6.20 Å². The first-order valence-corrected chi connectivity index (χ1v) is 4.85. The minimum Gasteiger partial charge on any atom is -0.365 e. The van der Waals surface area contributed by atoms with Gasteiger partial charge in [-0.3, -0.25) is 9.59 Å². The largest absolute Gasteiger partial charge is 0.365 e. The van der Waals surface area contributed by atoms with Crippen molar-refractivity contribution in [3.63, 3.8) is 0 Å². The van der Waals surface area contributed by atoms with Crippen molar-refractivity contribution in [2.24, 2.45) is 5.73 Å². The van der Waals surface area contributed by atoms with E-state index >= 15 is 0 Å². The van der Waals surface area contributed by atoms with Gasteiger partial charge in [0.05, 0.1) is 0 Å². The average Bonchev–Trinajstić information content (AvgIpc) is 2.17. The predicted octanol–water partition coefficient (Wildman–Crippen LogP) is -1.23. The third kappa shape index (κ3) is 1.66. The molecule has 2 N–H and O–H groups in total. The van der Waals surface area contributed by atoms with E-state index in [-0.39, 0.29) is 5.57 Å². The Kier molecular flexibility index (Phi) is 2.32. The lowest BCUT2D eigenvalue weighted by atomic mass is 10.1. The molecule has 0 saturated carbocycles. The molecular weight excluding hydrogens is 260 g/mol. The van der Waals surface area contributed by atoms with Gasteiger partial charge in [0.2, 0.25) is 0 Å². The van der Waals surface area contributed by atoms with Crippen LogP contribution >= 0.6 is 15.9 Å². The molecular formula is C10H5BrN2O2. The molecule has 5 heteroatoms. The smallest absolute Gasteiger partial charge is 0.283 e. The summed E-state index contributed by atoms with van der Waals surface area (Å²) in [6.45, 7) is 0. The van der Waals surface area contributed by atoms with Gasteiger partial charge in [0.25, 0.3) is 11.8 Å². The van der Waals surface area contributed by atoms with E-state index in [0.717, 1.165) is 4.47 Å². The van der Waals surface area contributed by atoms with Crippen LogP contribution in [0.25, 0.3) is 11.8 Å². The topological polar surface area (TPSA) is 74.3 Å². The summed E-state index contributed by atoms with van der Waals surface area (Å²) in [4.78, 5) is 22.4. The highest BCUT2D eigenvalue weighted by Gasteiger charge is 2.19. The standard InChI is InChI=1S/C10H5BrN2O2/c11-6-1-2-7-5(3-6)4-13-10(15)8(7)9(12)14/h2-4H,(H2,12,14). The minimum atomic E-state index is -0.770. The lowest BCUT2D eigenvalue weighted by Gasteiger charge is -2.06. The molecule has 0 aromatic heterocycles. The Morgan fingerprint density at radius 1 is 1.53 bits per heavy atom. The van der Waals surface area contributed by atoms with Crippen LogP contribution in [0.1, 0.15) is 0 Å². The highest BCUT2D eigenvalue weighted by Crippen LogP contribution is 2.03. The Morgan fingerprint density at radius 2 is 2.27 bits per heavy atom. The molecule has 15 heavy (non-hydrogen) atoms. The van der Waals surface area contributed by atoms with Crippen LogP contribution in [-0.4, -0.2) is 11.8 Å². The van der Waals surface area contributed by atoms with Gasteiger partial charge in [0.15, 0.2) is 0 Å². The Morgan fingerprint density at radius 3 is 2.93 bits per heavy atom. The molecule has 0 fully saturated rings. The number of carbonyl (C=O) groups is 2. The van der Waals surface area contributed by atoms with Crippen LogP contribution in [0.2, 0.25) is 0 Å². The fourth-order valence-corrected chi connectivity index (χ4v) is 1.71. The number of primary amides is 1. The molecule has 0 spiro atoms. The summed E-state index contributed by atoms with van der Waals surface area (Å²) >= 11 is 3.23. The Hall–Kier alpha value is -1.62. The molecule has 0 atom stereocenters. The number of fused-ring (bicyclic) bond motifs is 1. The van der Waals surface area contributed by atoms with Gasteiger partial charge in [0.1, 0.15) is 5.57 Å². The van der Waals surface area contributed by atoms with Crippen molar-refractivity contribution in [2.45, 2.75) is 0 Å². The fraction of sp³-hybridized carbons (Fsp3) is 0. The third-order valence-corrected chi connectivity index (χ3v) is 2.46. The highest BCUT2D eigenvalue weighted by molar-refractivity contribution is 9.10. The van der Waals surface area contributed by atoms with Crippen LogP contribution in [0.4, 0.5) is 0 Å². The van der Waals surface area contributed by atoms with Crippen LogP contribution in [0, 0.1) is 6.07 Å². The summed E-state index contributed by atoms with van der Waals surface area (Å²) in [5.74, 6) is -1.38. The molecule has 0 aliphatic carbocycles. The lowest BCUT2D eigenvalue weighted by molar-refractivity contribution is -0.118. The van der Waals surface area contributed by atoms with Crippen LogP contribution in [0.5, 0.6) is 0 Å². The van der Waals surface area contributed by atoms with Crippen molar-refractivity contribution in [3.8, 4) is 0 Å². The minimum absolute atomic E-state index is 0.0868. The number of hydrogen-bond acceptors (Lipinski definition) is 2. The number of rotatable bonds is 1. The second-order valence-electron chi connectivity index (χ2n) is 2.95. The number of carbonyl (C=O) groups excluding carboxylic acids is 2. The second-order valence-corrected chi connectivity index (χ2v) is 3.81. The Bertz CT molecular complexity index is 578. The lowest BCUT2D eigenvalue weighted by Crippen LogP contribution is -2.41. The monoisotopic (exact) mass is 264 g/mol. The molecule has 74 valence electrons. The van der Waals surface area contributed by atoms with Gasteiger partial charge in [-0.15, -0.1) is 0 Å². The van der Waals surface area contributed by atoms with Gasteiger partial charge < -0.3 is 5.73 Å². The van der Waals surface area contributed by atoms with Gasteiger partial charge in [0, 0.05) is 21.1 Å². The van der Waals surface area contributed by atoms with Gasteiger partial charge >= 0.3 is 0 Å². The van der Waals surface area contributed by atoms with Crippen LogP contribution in [0.15, 0.2) is 16.6 Å². The van der Waals surface area contributed by atoms with E-state index in [4.69, 9.17) is 5.73 Å². The fourth-order valence-electron chi connectivity index (χ4n) is 1.35. The van der Waals surface area contributed by atoms with Crippen molar-refractivity contribution in [1.82, 2.24) is 5.32 Å². The Labute approximate surface area is 93.6 Å². The zero-order chi connectivity index (χ0) is 11.0. The summed E-state index contributed by atoms with van der Waals surface area (Å²) in [6, 6.07) is 6.10. The molecule has 0 unspecified atom stereocenters. The number of nitrogens with zero attached hydrogens (tertiary/aromatic N) is 1. The zero-order valence-corrected chi connectivity index (χ0v) is 9.04. The van der Waals surface area contributed by atoms with Crippen molar-refractivity contribution in [2.75, 3.05) is 0 Å². The molecule has 1 aromatic rings. The van der Waals surface area contributed by atoms with E-state index in [1.54, 1.807) is 12.1 Å². The number of hydrogen-bond donors (Lipinski definition) is 1. The summed E-state index contributed by atoms with van der Waals surface area (Å²) in [7, 11) is 0. The SMILES string of the molecule is NC(=O)C1=c2c[c]c(Br)cc2=C[N]C1=O. The first-order chi connectivity index (χ1) is 7.09. The summed E-state index contributed by atoms with van der Waals surface area (Å²) in [5.41, 5.74) is 5.03. The molecule has 4 nitrogen and oxygen atoms in total. The first kappa shape index (κ1) is 9.92. The summed E-state index contributed by atoms with van der Waals surface area (Å²) < 4.78 is 0.728. The maximum Gasteiger partial charge on any atom is 0.283 e. The second kappa shape index (κ2) is 3.51. The summed E-state index contributed by atoms with van der Waals surface area (Å²) in [5, 5.41) is 4.73. The predicted molar refractivity (Wildman–Crippen MR) is 56.4 cm³/mol. The molecule has 2 amide bonds. The van der Waals surface area contributed by atoms with Crippen molar-refractivity contribution >= 4 is 39.5 Å². The van der Waals surface area contributed by atoms with E-state index < -0.39 is 11.8 Å². The van der Waals surface area contributed by atoms with Crippen LogP contribution < -0.4 is 21.5 Å². The maximum absolute atomic E-state index is 11.3. The normalized spacial score (nSPS) is 13.9. The van der Waals surface area contributed by atoms with Crippen LogP contribution in [-0.2, 0) is 9.59 Å². The molecule has 0 bridgehead atoms. The molecule has 0 saturated heterocycles. The van der Waals surface area contributed by atoms with Gasteiger partial charge in [-0.05, 0) is 18.2 Å². The third-order valence-electron chi connectivity index (χ3n) is 2.00. The van der Waals surface area contributed by atoms with Crippen LogP contribution in [0.3, 0.4) is 0 Å². The molecule has 1 aliphatic heterocycles. The van der Waals surface area contributed by atoms with E-state index in [0.29, 0.717) is 10.4 Å². The molecule has 2 radical (unpaired) electrons. The molecule has 1 heterocycles. The molecule has 1 aliphatic rings. The van der Waals surface area contributed by atoms with Gasteiger partial charge in [-0.1, -0.05) is 15.9 Å². The first-order valence-electron chi connectivity index (χ1n) is 4.06. The number of halogens is 1. The summed E-state index contributed by atoms with van der Waals surface area (Å²) in [6.07, 6.45) is 1.41. The van der Waals surface area contributed by atoms with E-state index in [1.807, 2.05) is 0 Å². The van der Waals surface area contributed by atoms with Crippen molar-refractivity contribution in [3.05, 3.63) is 33.1 Å². The molecule has 2 rings (SSSR count). The average molecular weight is 265 g/mol. The van der Waals surface area contributed by atoms with Crippen molar-refractivity contribution < 1.29 is 9.59 Å². The number of benzene rings is 1. The van der Waals surface area contributed by atoms with E-state index in [9.17, 15) is 9.59 Å². The Balaban J connectivity index is 2.90. The zero-order valence-electron chi connectivity index (χ0n) is 7.45. The maximum atomic E-state index is 11.3. The van der Waals surface area contributed by atoms with Gasteiger partial charge in [-0.2, -0.15) is 0 Å². The number of amides is 2. The highest BCUT2D eigenvalue weighted by atomic mass is 79.9. The molecule has 1 aromatic carbocycles.